The van der Waals surface area contributed by atoms with E-state index in [4.69, 9.17) is 14.2 Å². The van der Waals surface area contributed by atoms with Crippen molar-refractivity contribution in [2.24, 2.45) is 7.05 Å². The number of anilines is 3. The lowest BCUT2D eigenvalue weighted by Crippen LogP contribution is -2.49. The number of pyridine rings is 1. The molecule has 0 atom stereocenters. The van der Waals surface area contributed by atoms with Crippen LogP contribution in [0, 0.1) is 11.6 Å². The van der Waals surface area contributed by atoms with Crippen molar-refractivity contribution in [3.63, 3.8) is 0 Å². The molecular formula is C52H46F2N8O8S. The predicted octanol–water partition coefficient (Wildman–Crippen LogP) is 6.83. The van der Waals surface area contributed by atoms with Crippen LogP contribution in [0.3, 0.4) is 0 Å². The highest BCUT2D eigenvalue weighted by Crippen LogP contribution is 2.40. The van der Waals surface area contributed by atoms with E-state index in [1.807, 2.05) is 81.3 Å². The first-order chi connectivity index (χ1) is 34.4. The SMILES string of the molecule is Cn1c(=O)n(-c2ccc(OCc3ccccc3)nc2OCc2ccccc2)c2ccc(N3CCN(CC(=O)Nc4ccc5c(F)c(N6CC(=O)NS6(=O)=O)c(OCc6ccccc6)cc5c4)CC3)c(F)c21. The Morgan fingerprint density at radius 3 is 1.97 bits per heavy atom. The average molecular weight is 981 g/mol. The summed E-state index contributed by atoms with van der Waals surface area (Å²) in [6, 6.07) is 40.8. The number of aromatic nitrogens is 3. The van der Waals surface area contributed by atoms with Gasteiger partial charge in [-0.3, -0.25) is 23.6 Å². The number of nitrogens with zero attached hydrogens (tertiary/aromatic N) is 6. The van der Waals surface area contributed by atoms with Crippen molar-refractivity contribution in [1.82, 2.24) is 23.7 Å². The van der Waals surface area contributed by atoms with E-state index in [0.29, 0.717) is 58.4 Å². The van der Waals surface area contributed by atoms with Crippen LogP contribution in [-0.4, -0.2) is 78.5 Å². The molecule has 19 heteroatoms. The summed E-state index contributed by atoms with van der Waals surface area (Å²) in [7, 11) is -2.86. The summed E-state index contributed by atoms with van der Waals surface area (Å²) in [4.78, 5) is 48.1. The maximum atomic E-state index is 16.8. The van der Waals surface area contributed by atoms with E-state index < -0.39 is 45.7 Å². The van der Waals surface area contributed by atoms with E-state index in [0.717, 1.165) is 16.7 Å². The van der Waals surface area contributed by atoms with E-state index in [1.54, 1.807) is 54.6 Å². The number of hydrogen-bond donors (Lipinski definition) is 2. The number of rotatable bonds is 15. The monoisotopic (exact) mass is 980 g/mol. The zero-order valence-corrected chi connectivity index (χ0v) is 39.1. The zero-order chi connectivity index (χ0) is 49.2. The van der Waals surface area contributed by atoms with Crippen LogP contribution in [0.1, 0.15) is 16.7 Å². The van der Waals surface area contributed by atoms with Gasteiger partial charge >= 0.3 is 15.9 Å². The van der Waals surface area contributed by atoms with E-state index in [9.17, 15) is 22.8 Å². The molecule has 71 heavy (non-hydrogen) atoms. The van der Waals surface area contributed by atoms with Crippen molar-refractivity contribution in [2.45, 2.75) is 19.8 Å². The van der Waals surface area contributed by atoms with Gasteiger partial charge in [-0.2, -0.15) is 13.4 Å². The van der Waals surface area contributed by atoms with E-state index in [1.165, 1.54) is 34.4 Å². The van der Waals surface area contributed by atoms with Crippen molar-refractivity contribution in [3.05, 3.63) is 178 Å². The molecule has 0 spiro atoms. The number of ether oxygens (including phenoxy) is 3. The molecule has 0 saturated carbocycles. The second kappa shape index (κ2) is 19.6. The summed E-state index contributed by atoms with van der Waals surface area (Å²) in [5.74, 6) is -2.33. The number of piperazine rings is 1. The summed E-state index contributed by atoms with van der Waals surface area (Å²) in [5.41, 5.74) is 3.07. The number of carbonyl (C=O) groups is 2. The smallest absolute Gasteiger partial charge is 0.333 e. The largest absolute Gasteiger partial charge is 0.487 e. The third-order valence-electron chi connectivity index (χ3n) is 12.3. The third-order valence-corrected chi connectivity index (χ3v) is 13.7. The molecule has 2 amide bonds. The second-order valence-electron chi connectivity index (χ2n) is 17.1. The Kier molecular flexibility index (Phi) is 12.8. The zero-order valence-electron chi connectivity index (χ0n) is 38.3. The number of amides is 2. The lowest BCUT2D eigenvalue weighted by molar-refractivity contribution is -0.118. The van der Waals surface area contributed by atoms with Gasteiger partial charge in [-0.05, 0) is 64.5 Å². The number of nitrogens with one attached hydrogen (secondary N) is 2. The van der Waals surface area contributed by atoms with Crippen LogP contribution < -0.4 is 39.1 Å². The molecule has 16 nitrogen and oxygen atoms in total. The Hall–Kier alpha value is -8.29. The molecule has 2 aliphatic rings. The Balaban J connectivity index is 0.834. The maximum absolute atomic E-state index is 16.8. The molecule has 2 N–H and O–H groups in total. The van der Waals surface area contributed by atoms with E-state index in [2.05, 4.69) is 10.3 Å². The summed E-state index contributed by atoms with van der Waals surface area (Å²) in [6.07, 6.45) is 0. The Labute approximate surface area is 406 Å². The van der Waals surface area contributed by atoms with Gasteiger partial charge in [0.15, 0.2) is 11.6 Å². The number of aryl methyl sites for hydroxylation is 1. The van der Waals surface area contributed by atoms with Gasteiger partial charge < -0.3 is 24.4 Å². The summed E-state index contributed by atoms with van der Waals surface area (Å²) >= 11 is 0. The Bertz CT molecular complexity index is 3480. The molecule has 0 aliphatic carbocycles. The minimum absolute atomic E-state index is 0.0100. The lowest BCUT2D eigenvalue weighted by Gasteiger charge is -2.35. The van der Waals surface area contributed by atoms with Gasteiger partial charge in [0.1, 0.15) is 49.0 Å². The molecule has 2 saturated heterocycles. The first-order valence-electron chi connectivity index (χ1n) is 22.7. The number of carbonyl (C=O) groups excluding carboxylic acids is 2. The highest BCUT2D eigenvalue weighted by molar-refractivity contribution is 7.92. The Morgan fingerprint density at radius 2 is 1.34 bits per heavy atom. The molecule has 362 valence electrons. The topological polar surface area (TPSA) is 170 Å². The molecule has 4 heterocycles. The number of fused-ring (bicyclic) bond motifs is 2. The van der Waals surface area contributed by atoms with Gasteiger partial charge in [0, 0.05) is 50.4 Å². The minimum Gasteiger partial charge on any atom is -0.487 e. The first-order valence-corrected chi connectivity index (χ1v) is 24.1. The van der Waals surface area contributed by atoms with Crippen LogP contribution in [0.25, 0.3) is 27.5 Å². The highest BCUT2D eigenvalue weighted by atomic mass is 32.2. The third kappa shape index (κ3) is 9.69. The fourth-order valence-electron chi connectivity index (χ4n) is 8.78. The van der Waals surface area contributed by atoms with E-state index in [-0.39, 0.29) is 60.7 Å². The van der Waals surface area contributed by atoms with Crippen LogP contribution in [0.2, 0.25) is 0 Å². The van der Waals surface area contributed by atoms with Crippen molar-refractivity contribution in [2.75, 3.05) is 53.8 Å². The standard InChI is InChI=1S/C52H46F2N8O8S/c1-58-49-41(62(52(58)65)42-21-22-46(69-32-35-13-7-3-8-14-35)56-51(42)70-33-36-15-9-4-10-16-36)20-19-40(48(49)54)60-25-23-59(24-26-60)29-44(63)55-38-17-18-39-37(27-38)28-43(68-31-34-11-5-2-6-12-34)50(47(39)53)61-30-45(64)57-71(61,66)67/h2-22,27-28H,23-26,29-33H2,1H3,(H,55,63)(H,57,64). The van der Waals surface area contributed by atoms with Gasteiger partial charge in [-0.15, -0.1) is 0 Å². The molecule has 10 rings (SSSR count). The second-order valence-corrected chi connectivity index (χ2v) is 18.7. The summed E-state index contributed by atoms with van der Waals surface area (Å²) in [6.45, 7) is 1.40. The summed E-state index contributed by atoms with van der Waals surface area (Å²) in [5, 5.41) is 3.23. The molecule has 0 radical (unpaired) electrons. The fourth-order valence-corrected chi connectivity index (χ4v) is 9.94. The molecular weight excluding hydrogens is 935 g/mol. The number of imidazole rings is 1. The molecule has 2 aliphatic heterocycles. The predicted molar refractivity (Wildman–Crippen MR) is 264 cm³/mol. The molecule has 0 bridgehead atoms. The van der Waals surface area contributed by atoms with Crippen LogP contribution in [-0.2, 0) is 46.7 Å². The van der Waals surface area contributed by atoms with Gasteiger partial charge in [0.25, 0.3) is 5.91 Å². The van der Waals surface area contributed by atoms with Crippen LogP contribution in [0.15, 0.2) is 144 Å². The van der Waals surface area contributed by atoms with Crippen LogP contribution in [0.5, 0.6) is 17.5 Å². The molecule has 2 fully saturated rings. The quantitative estimate of drug-likeness (QED) is 0.110. The molecule has 8 aromatic rings. The van der Waals surface area contributed by atoms with Crippen molar-refractivity contribution < 1.29 is 41.0 Å². The maximum Gasteiger partial charge on any atom is 0.333 e. The molecule has 2 aromatic heterocycles. The van der Waals surface area contributed by atoms with Gasteiger partial charge in [0.2, 0.25) is 17.7 Å². The fraction of sp³-hybridized carbons (Fsp3) is 0.192. The van der Waals surface area contributed by atoms with Gasteiger partial charge in [-0.25, -0.2) is 22.6 Å². The number of benzene rings is 6. The molecule has 6 aromatic carbocycles. The number of halogens is 2. The summed E-state index contributed by atoms with van der Waals surface area (Å²) < 4.78 is 82.2. The normalized spacial score (nSPS) is 14.7. The van der Waals surface area contributed by atoms with Crippen LogP contribution >= 0.6 is 0 Å². The first kappa shape index (κ1) is 46.4. The van der Waals surface area contributed by atoms with Gasteiger partial charge in [0.05, 0.1) is 17.7 Å². The van der Waals surface area contributed by atoms with Crippen molar-refractivity contribution in [1.29, 1.82) is 0 Å². The minimum atomic E-state index is -4.38. The van der Waals surface area contributed by atoms with Crippen molar-refractivity contribution in [3.8, 4) is 23.2 Å². The van der Waals surface area contributed by atoms with Gasteiger partial charge in [-0.1, -0.05) is 91.0 Å². The van der Waals surface area contributed by atoms with Crippen LogP contribution in [0.4, 0.5) is 25.8 Å². The molecule has 0 unspecified atom stereocenters. The van der Waals surface area contributed by atoms with E-state index >= 15 is 8.78 Å². The van der Waals surface area contributed by atoms with Crippen molar-refractivity contribution >= 4 is 60.9 Å². The number of hydrogen-bond acceptors (Lipinski definition) is 11. The average Bonchev–Trinajstić information content (AvgIpc) is 3.80. The lowest BCUT2D eigenvalue weighted by atomic mass is 10.1. The Morgan fingerprint density at radius 1 is 0.718 bits per heavy atom. The highest BCUT2D eigenvalue weighted by Gasteiger charge is 2.38.